The average Bonchev–Trinajstić information content (AvgIpc) is 3.16. The molecule has 3 aliphatic heterocycles. The molecule has 3 saturated heterocycles. The fraction of sp³-hybridized carbons (Fsp3) is 0.481. The van der Waals surface area contributed by atoms with Crippen molar-refractivity contribution in [2.45, 2.75) is 44.7 Å². The summed E-state index contributed by atoms with van der Waals surface area (Å²) in [6.45, 7) is 4.72. The van der Waals surface area contributed by atoms with E-state index in [1.165, 1.54) is 12.1 Å². The van der Waals surface area contributed by atoms with Crippen LogP contribution in [0.2, 0.25) is 0 Å². The smallest absolute Gasteiger partial charge is 0.261 e. The van der Waals surface area contributed by atoms with Gasteiger partial charge in [0.2, 0.25) is 0 Å². The van der Waals surface area contributed by atoms with Crippen LogP contribution in [0.3, 0.4) is 0 Å². The van der Waals surface area contributed by atoms with E-state index >= 15 is 0 Å². The van der Waals surface area contributed by atoms with E-state index in [2.05, 4.69) is 15.9 Å². The molecule has 1 aromatic heterocycles. The number of anilines is 1. The van der Waals surface area contributed by atoms with Crippen LogP contribution in [0, 0.1) is 11.2 Å². The molecule has 4 fully saturated rings. The van der Waals surface area contributed by atoms with Crippen LogP contribution in [0.1, 0.15) is 32.1 Å². The van der Waals surface area contributed by atoms with Crippen molar-refractivity contribution in [1.82, 2.24) is 14.5 Å². The molecule has 3 aromatic rings. The van der Waals surface area contributed by atoms with Crippen molar-refractivity contribution in [2.24, 2.45) is 5.41 Å². The molecule has 2 aromatic carbocycles. The number of hydrogen-bond donors (Lipinski definition) is 1. The van der Waals surface area contributed by atoms with Crippen molar-refractivity contribution in [3.63, 3.8) is 0 Å². The minimum atomic E-state index is -0.360. The molecule has 0 spiro atoms. The van der Waals surface area contributed by atoms with E-state index in [0.717, 1.165) is 64.0 Å². The van der Waals surface area contributed by atoms with Crippen LogP contribution in [0.5, 0.6) is 0 Å². The number of halogens is 1. The van der Waals surface area contributed by atoms with Gasteiger partial charge >= 0.3 is 0 Å². The van der Waals surface area contributed by atoms with E-state index in [1.54, 1.807) is 16.7 Å². The van der Waals surface area contributed by atoms with Gasteiger partial charge < -0.3 is 14.9 Å². The standard InChI is InChI=1S/C27H31FN4O2/c28-20-4-1-3-19(15-20)25-29-24-6-5-22(31-14-13-30-11-7-21(31)8-12-30)16-23(24)26(34)32(25)17-27(18-33)9-2-10-27/h1,3-6,15-16,21,33H,2,7-14,17-18H2. The van der Waals surface area contributed by atoms with E-state index in [4.69, 9.17) is 4.98 Å². The summed E-state index contributed by atoms with van der Waals surface area (Å²) >= 11 is 0. The highest BCUT2D eigenvalue weighted by Gasteiger charge is 2.38. The number of nitrogens with zero attached hydrogens (tertiary/aromatic N) is 4. The van der Waals surface area contributed by atoms with Gasteiger partial charge in [-0.1, -0.05) is 18.6 Å². The summed E-state index contributed by atoms with van der Waals surface area (Å²) in [5, 5.41) is 10.7. The summed E-state index contributed by atoms with van der Waals surface area (Å²) in [5.74, 6) is 0.103. The molecule has 7 rings (SSSR count). The fourth-order valence-corrected chi connectivity index (χ4v) is 5.99. The molecular weight excluding hydrogens is 431 g/mol. The van der Waals surface area contributed by atoms with E-state index in [0.29, 0.717) is 34.9 Å². The third kappa shape index (κ3) is 3.71. The number of hydrogen-bond acceptors (Lipinski definition) is 5. The maximum absolute atomic E-state index is 14.1. The molecule has 4 aliphatic rings. The predicted molar refractivity (Wildman–Crippen MR) is 132 cm³/mol. The highest BCUT2D eigenvalue weighted by molar-refractivity contribution is 5.83. The maximum atomic E-state index is 14.1. The van der Waals surface area contributed by atoms with Gasteiger partial charge in [-0.05, 0) is 56.0 Å². The van der Waals surface area contributed by atoms with Crippen LogP contribution < -0.4 is 10.5 Å². The Hall–Kier alpha value is -2.77. The molecule has 1 N–H and O–H groups in total. The number of fused-ring (bicyclic) bond motifs is 5. The minimum Gasteiger partial charge on any atom is -0.396 e. The topological polar surface area (TPSA) is 61.6 Å². The number of aromatic nitrogens is 2. The van der Waals surface area contributed by atoms with Crippen LogP contribution >= 0.6 is 0 Å². The number of aliphatic hydroxyl groups is 1. The fourth-order valence-electron chi connectivity index (χ4n) is 5.99. The summed E-state index contributed by atoms with van der Waals surface area (Å²) in [6, 6.07) is 12.8. The zero-order valence-electron chi connectivity index (χ0n) is 19.4. The summed E-state index contributed by atoms with van der Waals surface area (Å²) < 4.78 is 15.8. The van der Waals surface area contributed by atoms with Gasteiger partial charge in [-0.25, -0.2) is 9.37 Å². The molecule has 2 bridgehead atoms. The summed E-state index contributed by atoms with van der Waals surface area (Å²) in [4.78, 5) is 23.8. The molecule has 4 heterocycles. The van der Waals surface area contributed by atoms with E-state index < -0.39 is 0 Å². The Balaban J connectivity index is 1.49. The van der Waals surface area contributed by atoms with Gasteiger partial charge in [0.1, 0.15) is 11.6 Å². The maximum Gasteiger partial charge on any atom is 0.261 e. The largest absolute Gasteiger partial charge is 0.396 e. The molecule has 0 unspecified atom stereocenters. The lowest BCUT2D eigenvalue weighted by Gasteiger charge is -2.41. The second kappa shape index (κ2) is 8.47. The highest BCUT2D eigenvalue weighted by atomic mass is 19.1. The molecular formula is C27H31FN4O2. The molecule has 34 heavy (non-hydrogen) atoms. The minimum absolute atomic E-state index is 0.0338. The molecule has 6 nitrogen and oxygen atoms in total. The van der Waals surface area contributed by atoms with Crippen molar-refractivity contribution in [3.05, 3.63) is 58.6 Å². The molecule has 0 radical (unpaired) electrons. The molecule has 178 valence electrons. The number of rotatable bonds is 5. The Morgan fingerprint density at radius 2 is 1.88 bits per heavy atom. The zero-order chi connectivity index (χ0) is 23.3. The Labute approximate surface area is 198 Å². The molecule has 0 atom stereocenters. The van der Waals surface area contributed by atoms with Crippen LogP contribution in [-0.4, -0.2) is 58.4 Å². The van der Waals surface area contributed by atoms with Gasteiger partial charge in [0.25, 0.3) is 5.56 Å². The summed E-state index contributed by atoms with van der Waals surface area (Å²) in [6.07, 6.45) is 5.10. The van der Waals surface area contributed by atoms with Gasteiger partial charge in [-0.15, -0.1) is 0 Å². The van der Waals surface area contributed by atoms with Crippen molar-refractivity contribution in [2.75, 3.05) is 37.7 Å². The molecule has 1 aliphatic carbocycles. The van der Waals surface area contributed by atoms with Crippen LogP contribution in [0.25, 0.3) is 22.3 Å². The van der Waals surface area contributed by atoms with Gasteiger partial charge in [-0.3, -0.25) is 9.36 Å². The average molecular weight is 463 g/mol. The predicted octanol–water partition coefficient (Wildman–Crippen LogP) is 3.65. The van der Waals surface area contributed by atoms with Gasteiger partial charge in [0, 0.05) is 55.4 Å². The van der Waals surface area contributed by atoms with E-state index in [9.17, 15) is 14.3 Å². The second-order valence-corrected chi connectivity index (χ2v) is 10.3. The van der Waals surface area contributed by atoms with Gasteiger partial charge in [-0.2, -0.15) is 0 Å². The first-order valence-electron chi connectivity index (χ1n) is 12.5. The Bertz CT molecular complexity index is 1270. The first-order chi connectivity index (χ1) is 16.5. The lowest BCUT2D eigenvalue weighted by molar-refractivity contribution is 0.0270. The lowest BCUT2D eigenvalue weighted by Crippen LogP contribution is -2.41. The molecule has 7 heteroatoms. The number of aliphatic hydroxyl groups excluding tert-OH is 1. The van der Waals surface area contributed by atoms with E-state index in [-0.39, 0.29) is 23.4 Å². The highest BCUT2D eigenvalue weighted by Crippen LogP contribution is 2.42. The molecule has 1 saturated carbocycles. The van der Waals surface area contributed by atoms with Crippen LogP contribution in [0.15, 0.2) is 47.3 Å². The first kappa shape index (κ1) is 21.7. The van der Waals surface area contributed by atoms with Crippen molar-refractivity contribution in [1.29, 1.82) is 0 Å². The summed E-state index contributed by atoms with van der Waals surface area (Å²) in [7, 11) is 0. The monoisotopic (exact) mass is 462 g/mol. The van der Waals surface area contributed by atoms with Gasteiger partial charge in [0.05, 0.1) is 17.5 Å². The van der Waals surface area contributed by atoms with Gasteiger partial charge in [0.15, 0.2) is 0 Å². The van der Waals surface area contributed by atoms with Crippen LogP contribution in [0.4, 0.5) is 10.1 Å². The normalized spacial score (nSPS) is 23.6. The Kier molecular flexibility index (Phi) is 5.41. The first-order valence-corrected chi connectivity index (χ1v) is 12.5. The molecule has 0 amide bonds. The SMILES string of the molecule is O=c1c2cc(N3CCN4CCC3CC4)ccc2nc(-c2cccc(F)c2)n1CC1(CO)CCC1. The Morgan fingerprint density at radius 3 is 2.59 bits per heavy atom. The van der Waals surface area contributed by atoms with Crippen molar-refractivity contribution in [3.8, 4) is 11.4 Å². The summed E-state index contributed by atoms with van der Waals surface area (Å²) in [5.41, 5.74) is 1.85. The van der Waals surface area contributed by atoms with E-state index in [1.807, 2.05) is 12.1 Å². The number of piperidine rings is 1. The second-order valence-electron chi connectivity index (χ2n) is 10.3. The Morgan fingerprint density at radius 1 is 1.06 bits per heavy atom. The van der Waals surface area contributed by atoms with Crippen LogP contribution in [-0.2, 0) is 6.54 Å². The lowest BCUT2D eigenvalue weighted by atomic mass is 9.69. The number of benzene rings is 2. The zero-order valence-corrected chi connectivity index (χ0v) is 19.4. The van der Waals surface area contributed by atoms with Crippen molar-refractivity contribution >= 4 is 16.6 Å². The third-order valence-corrected chi connectivity index (χ3v) is 8.25. The third-order valence-electron chi connectivity index (χ3n) is 8.25. The van der Waals surface area contributed by atoms with Crippen molar-refractivity contribution < 1.29 is 9.50 Å². The quantitative estimate of drug-likeness (QED) is 0.627.